The number of rotatable bonds is 5. The molecule has 0 aromatic rings. The minimum Gasteiger partial charge on any atom is -0.320 e. The SMILES string of the molecule is CNCCCCN1CCS(=O)(=O)CC1. The number of nitrogens with one attached hydrogen (secondary N) is 1. The van der Waals surface area contributed by atoms with E-state index in [-0.39, 0.29) is 0 Å². The van der Waals surface area contributed by atoms with E-state index in [9.17, 15) is 8.42 Å². The average molecular weight is 220 g/mol. The van der Waals surface area contributed by atoms with Gasteiger partial charge in [0.1, 0.15) is 0 Å². The fraction of sp³-hybridized carbons (Fsp3) is 1.00. The highest BCUT2D eigenvalue weighted by molar-refractivity contribution is 7.91. The van der Waals surface area contributed by atoms with Gasteiger partial charge >= 0.3 is 0 Å². The Morgan fingerprint density at radius 2 is 1.86 bits per heavy atom. The summed E-state index contributed by atoms with van der Waals surface area (Å²) in [5.41, 5.74) is 0. The van der Waals surface area contributed by atoms with Crippen LogP contribution in [-0.2, 0) is 9.84 Å². The van der Waals surface area contributed by atoms with E-state index < -0.39 is 9.84 Å². The Labute approximate surface area is 86.6 Å². The standard InChI is InChI=1S/C9H20N2O2S/c1-10-4-2-3-5-11-6-8-14(12,13)9-7-11/h10H,2-9H2,1H3. The monoisotopic (exact) mass is 220 g/mol. The van der Waals surface area contributed by atoms with Crippen molar-refractivity contribution in [3.63, 3.8) is 0 Å². The minimum absolute atomic E-state index is 0.346. The molecule has 0 amide bonds. The van der Waals surface area contributed by atoms with E-state index >= 15 is 0 Å². The van der Waals surface area contributed by atoms with Crippen molar-refractivity contribution in [1.82, 2.24) is 10.2 Å². The number of unbranched alkanes of at least 4 members (excludes halogenated alkanes) is 1. The second-order valence-corrected chi connectivity index (χ2v) is 6.11. The Bertz CT molecular complexity index is 238. The first-order valence-electron chi connectivity index (χ1n) is 5.21. The van der Waals surface area contributed by atoms with Crippen LogP contribution in [0, 0.1) is 0 Å². The van der Waals surface area contributed by atoms with Crippen molar-refractivity contribution >= 4 is 9.84 Å². The van der Waals surface area contributed by atoms with Gasteiger partial charge in [-0.15, -0.1) is 0 Å². The summed E-state index contributed by atoms with van der Waals surface area (Å²) in [5.74, 6) is 0.693. The van der Waals surface area contributed by atoms with Gasteiger partial charge in [-0.2, -0.15) is 0 Å². The zero-order valence-electron chi connectivity index (χ0n) is 8.83. The lowest BCUT2D eigenvalue weighted by Gasteiger charge is -2.26. The van der Waals surface area contributed by atoms with Gasteiger partial charge in [-0.05, 0) is 33.0 Å². The first-order valence-corrected chi connectivity index (χ1v) is 7.03. The number of nitrogens with zero attached hydrogens (tertiary/aromatic N) is 1. The molecular formula is C9H20N2O2S. The van der Waals surface area contributed by atoms with Crippen molar-refractivity contribution < 1.29 is 8.42 Å². The molecule has 0 spiro atoms. The molecular weight excluding hydrogens is 200 g/mol. The van der Waals surface area contributed by atoms with Gasteiger partial charge in [-0.3, -0.25) is 0 Å². The molecule has 14 heavy (non-hydrogen) atoms. The van der Waals surface area contributed by atoms with Crippen molar-refractivity contribution in [3.05, 3.63) is 0 Å². The van der Waals surface area contributed by atoms with Gasteiger partial charge in [-0.1, -0.05) is 0 Å². The molecule has 84 valence electrons. The molecule has 0 aliphatic carbocycles. The molecule has 1 saturated heterocycles. The topological polar surface area (TPSA) is 49.4 Å². The summed E-state index contributed by atoms with van der Waals surface area (Å²) >= 11 is 0. The van der Waals surface area contributed by atoms with Crippen LogP contribution < -0.4 is 5.32 Å². The quantitative estimate of drug-likeness (QED) is 0.647. The van der Waals surface area contributed by atoms with Crippen LogP contribution in [0.25, 0.3) is 0 Å². The van der Waals surface area contributed by atoms with E-state index in [0.717, 1.165) is 32.6 Å². The molecule has 0 aromatic heterocycles. The molecule has 1 aliphatic rings. The van der Waals surface area contributed by atoms with Crippen molar-refractivity contribution in [2.75, 3.05) is 44.7 Å². The Hall–Kier alpha value is -0.130. The van der Waals surface area contributed by atoms with Crippen molar-refractivity contribution in [2.45, 2.75) is 12.8 Å². The second kappa shape index (κ2) is 5.68. The van der Waals surface area contributed by atoms with Crippen LogP contribution in [0.15, 0.2) is 0 Å². The first kappa shape index (κ1) is 11.9. The van der Waals surface area contributed by atoms with E-state index in [4.69, 9.17) is 0 Å². The lowest BCUT2D eigenvalue weighted by Crippen LogP contribution is -2.40. The van der Waals surface area contributed by atoms with E-state index in [1.165, 1.54) is 6.42 Å². The summed E-state index contributed by atoms with van der Waals surface area (Å²) in [7, 11) is -0.753. The third-order valence-electron chi connectivity index (χ3n) is 2.59. The maximum absolute atomic E-state index is 11.1. The molecule has 1 aliphatic heterocycles. The third kappa shape index (κ3) is 4.39. The molecule has 0 aromatic carbocycles. The van der Waals surface area contributed by atoms with Gasteiger partial charge in [0.15, 0.2) is 9.84 Å². The summed E-state index contributed by atoms with van der Waals surface area (Å²) in [6.07, 6.45) is 2.32. The second-order valence-electron chi connectivity index (χ2n) is 3.80. The van der Waals surface area contributed by atoms with E-state index in [1.54, 1.807) is 0 Å². The molecule has 4 nitrogen and oxygen atoms in total. The van der Waals surface area contributed by atoms with Crippen LogP contribution in [0.1, 0.15) is 12.8 Å². The highest BCUT2D eigenvalue weighted by atomic mass is 32.2. The predicted octanol–water partition coefficient (Wildman–Crippen LogP) is -0.284. The zero-order chi connectivity index (χ0) is 10.4. The number of hydrogen-bond acceptors (Lipinski definition) is 4. The van der Waals surface area contributed by atoms with E-state index in [0.29, 0.717) is 11.5 Å². The molecule has 1 fully saturated rings. The summed E-state index contributed by atoms with van der Waals surface area (Å²) in [6, 6.07) is 0. The van der Waals surface area contributed by atoms with Crippen LogP contribution in [-0.4, -0.2) is 58.1 Å². The number of sulfone groups is 1. The minimum atomic E-state index is -2.70. The molecule has 0 radical (unpaired) electrons. The first-order chi connectivity index (χ1) is 6.64. The third-order valence-corrected chi connectivity index (χ3v) is 4.20. The van der Waals surface area contributed by atoms with E-state index in [2.05, 4.69) is 10.2 Å². The summed E-state index contributed by atoms with van der Waals surface area (Å²) in [5, 5.41) is 3.10. The molecule has 0 bridgehead atoms. The average Bonchev–Trinajstić information content (AvgIpc) is 2.15. The Morgan fingerprint density at radius 3 is 2.43 bits per heavy atom. The van der Waals surface area contributed by atoms with Gasteiger partial charge in [-0.25, -0.2) is 8.42 Å². The fourth-order valence-electron chi connectivity index (χ4n) is 1.61. The Balaban J connectivity index is 2.10. The van der Waals surface area contributed by atoms with Crippen molar-refractivity contribution in [1.29, 1.82) is 0 Å². The van der Waals surface area contributed by atoms with Crippen LogP contribution >= 0.6 is 0 Å². The normalized spacial score (nSPS) is 22.4. The lowest BCUT2D eigenvalue weighted by atomic mass is 10.3. The zero-order valence-corrected chi connectivity index (χ0v) is 9.65. The van der Waals surface area contributed by atoms with Crippen LogP contribution in [0.4, 0.5) is 0 Å². The van der Waals surface area contributed by atoms with Crippen LogP contribution in [0.3, 0.4) is 0 Å². The molecule has 1 N–H and O–H groups in total. The van der Waals surface area contributed by atoms with Gasteiger partial charge in [0, 0.05) is 13.1 Å². The smallest absolute Gasteiger partial charge is 0.152 e. The maximum Gasteiger partial charge on any atom is 0.152 e. The number of hydrogen-bond donors (Lipinski definition) is 1. The van der Waals surface area contributed by atoms with E-state index in [1.807, 2.05) is 7.05 Å². The highest BCUT2D eigenvalue weighted by Gasteiger charge is 2.20. The molecule has 0 saturated carbocycles. The fourth-order valence-corrected chi connectivity index (χ4v) is 2.89. The summed E-state index contributed by atoms with van der Waals surface area (Å²) in [6.45, 7) is 3.53. The lowest BCUT2D eigenvalue weighted by molar-refractivity contribution is 0.289. The van der Waals surface area contributed by atoms with Crippen molar-refractivity contribution in [2.24, 2.45) is 0 Å². The molecule has 0 atom stereocenters. The molecule has 1 rings (SSSR count). The summed E-state index contributed by atoms with van der Waals surface area (Å²) < 4.78 is 22.3. The van der Waals surface area contributed by atoms with Crippen LogP contribution in [0.2, 0.25) is 0 Å². The highest BCUT2D eigenvalue weighted by Crippen LogP contribution is 2.04. The van der Waals surface area contributed by atoms with Gasteiger partial charge in [0.2, 0.25) is 0 Å². The molecule has 1 heterocycles. The molecule has 0 unspecified atom stereocenters. The maximum atomic E-state index is 11.1. The predicted molar refractivity (Wildman–Crippen MR) is 58.3 cm³/mol. The summed E-state index contributed by atoms with van der Waals surface area (Å²) in [4.78, 5) is 2.25. The van der Waals surface area contributed by atoms with Crippen molar-refractivity contribution in [3.8, 4) is 0 Å². The Morgan fingerprint density at radius 1 is 1.21 bits per heavy atom. The van der Waals surface area contributed by atoms with Gasteiger partial charge < -0.3 is 10.2 Å². The van der Waals surface area contributed by atoms with Gasteiger partial charge in [0.05, 0.1) is 11.5 Å². The van der Waals surface area contributed by atoms with Crippen LogP contribution in [0.5, 0.6) is 0 Å². The largest absolute Gasteiger partial charge is 0.320 e. The molecule has 5 heteroatoms. The van der Waals surface area contributed by atoms with Gasteiger partial charge in [0.25, 0.3) is 0 Å². The Kier molecular flexibility index (Phi) is 4.84.